The summed E-state index contributed by atoms with van der Waals surface area (Å²) in [5.41, 5.74) is 0.715. The molecule has 2 rings (SSSR count). The molecule has 0 aliphatic heterocycles. The van der Waals surface area contributed by atoms with Crippen LogP contribution in [-0.2, 0) is 30.3 Å². The fourth-order valence-corrected chi connectivity index (χ4v) is 4.87. The molecular formula is C33H47N3O6S. The normalized spacial score (nSPS) is 13.7. The van der Waals surface area contributed by atoms with Crippen LogP contribution in [0.15, 0.2) is 54.6 Å². The largest absolute Gasteiger partial charge is 0.458 e. The minimum absolute atomic E-state index is 0.205. The molecular weight excluding hydrogens is 566 g/mol. The van der Waals surface area contributed by atoms with Crippen molar-refractivity contribution >= 4 is 35.6 Å². The van der Waals surface area contributed by atoms with Gasteiger partial charge in [0.25, 0.3) is 0 Å². The molecule has 0 aliphatic rings. The fourth-order valence-electron chi connectivity index (χ4n) is 4.40. The van der Waals surface area contributed by atoms with Gasteiger partial charge in [-0.05, 0) is 83.6 Å². The van der Waals surface area contributed by atoms with Crippen LogP contribution in [0.3, 0.4) is 0 Å². The first-order valence-electron chi connectivity index (χ1n) is 14.4. The molecule has 2 N–H and O–H groups in total. The summed E-state index contributed by atoms with van der Waals surface area (Å²) in [4.78, 5) is 55.4. The maximum Gasteiger partial charge on any atom is 0.408 e. The molecule has 3 unspecified atom stereocenters. The average Bonchev–Trinajstić information content (AvgIpc) is 2.90. The number of carbonyl (C=O) groups excluding carboxylic acids is 4. The van der Waals surface area contributed by atoms with E-state index in [2.05, 4.69) is 10.6 Å². The second-order valence-electron chi connectivity index (χ2n) is 12.5. The minimum Gasteiger partial charge on any atom is -0.458 e. The Labute approximate surface area is 260 Å². The number of benzene rings is 2. The van der Waals surface area contributed by atoms with Gasteiger partial charge >= 0.3 is 12.1 Å². The van der Waals surface area contributed by atoms with Crippen LogP contribution in [0.1, 0.15) is 70.7 Å². The maximum atomic E-state index is 14.1. The molecule has 0 bridgehead atoms. The Kier molecular flexibility index (Phi) is 13.1. The van der Waals surface area contributed by atoms with E-state index in [9.17, 15) is 19.2 Å². The van der Waals surface area contributed by atoms with Gasteiger partial charge in [-0.25, -0.2) is 9.59 Å². The third kappa shape index (κ3) is 11.9. The third-order valence-corrected chi connectivity index (χ3v) is 7.00. The quantitative estimate of drug-likeness (QED) is 0.316. The molecule has 3 amide bonds. The van der Waals surface area contributed by atoms with Gasteiger partial charge in [-0.15, -0.1) is 0 Å². The van der Waals surface area contributed by atoms with Crippen molar-refractivity contribution in [1.29, 1.82) is 0 Å². The standard InChI is InChI=1S/C33H47N3O6S/c1-22-15-13-14-18-24(22)27(36(8)29(38)25(19-20-43-9)35-31(40)42-33(5,6)7)28(37)34-26(30(39)41-32(2,3)4)21-23-16-11-10-12-17-23/h10-18,25-27H,19-21H2,1-9H3,(H,34,37)(H,35,40). The van der Waals surface area contributed by atoms with Crippen molar-refractivity contribution < 1.29 is 28.7 Å². The van der Waals surface area contributed by atoms with Crippen molar-refractivity contribution in [3.63, 3.8) is 0 Å². The molecule has 0 saturated carbocycles. The highest BCUT2D eigenvalue weighted by atomic mass is 32.2. The van der Waals surface area contributed by atoms with Crippen LogP contribution in [-0.4, -0.2) is 71.1 Å². The molecule has 0 fully saturated rings. The summed E-state index contributed by atoms with van der Waals surface area (Å²) in [5.74, 6) is -0.983. The topological polar surface area (TPSA) is 114 Å². The van der Waals surface area contributed by atoms with Gasteiger partial charge < -0.3 is 25.0 Å². The lowest BCUT2D eigenvalue weighted by Crippen LogP contribution is -2.54. The maximum absolute atomic E-state index is 14.1. The number of hydrogen-bond donors (Lipinski definition) is 2. The summed E-state index contributed by atoms with van der Waals surface area (Å²) in [6, 6.07) is 13.6. The Morgan fingerprint density at radius 1 is 0.837 bits per heavy atom. The number of nitrogens with one attached hydrogen (secondary N) is 2. The SMILES string of the molecule is CSCCC(NC(=O)OC(C)(C)C)C(=O)N(C)C(C(=O)NC(Cc1ccccc1)C(=O)OC(C)(C)C)c1ccccc1C. The highest BCUT2D eigenvalue weighted by Crippen LogP contribution is 2.25. The van der Waals surface area contributed by atoms with Crippen molar-refractivity contribution in [3.05, 3.63) is 71.3 Å². The van der Waals surface area contributed by atoms with E-state index in [0.29, 0.717) is 17.7 Å². The Morgan fingerprint density at radius 2 is 1.42 bits per heavy atom. The monoisotopic (exact) mass is 613 g/mol. The molecule has 0 heterocycles. The van der Waals surface area contributed by atoms with E-state index in [1.54, 1.807) is 53.7 Å². The zero-order chi connectivity index (χ0) is 32.4. The Hall–Kier alpha value is -3.53. The number of aryl methyl sites for hydroxylation is 1. The summed E-state index contributed by atoms with van der Waals surface area (Å²) in [6.07, 6.45) is 1.73. The van der Waals surface area contributed by atoms with Crippen LogP contribution >= 0.6 is 11.8 Å². The van der Waals surface area contributed by atoms with Crippen LogP contribution in [0.2, 0.25) is 0 Å². The van der Waals surface area contributed by atoms with E-state index in [4.69, 9.17) is 9.47 Å². The van der Waals surface area contributed by atoms with Gasteiger partial charge in [0.2, 0.25) is 11.8 Å². The van der Waals surface area contributed by atoms with E-state index in [-0.39, 0.29) is 6.42 Å². The van der Waals surface area contributed by atoms with Crippen molar-refractivity contribution in [3.8, 4) is 0 Å². The summed E-state index contributed by atoms with van der Waals surface area (Å²) in [6.45, 7) is 12.4. The zero-order valence-corrected chi connectivity index (χ0v) is 27.7. The number of hydrogen-bond acceptors (Lipinski definition) is 7. The van der Waals surface area contributed by atoms with E-state index >= 15 is 0 Å². The molecule has 2 aromatic rings. The molecule has 0 spiro atoms. The third-order valence-electron chi connectivity index (χ3n) is 6.36. The van der Waals surface area contributed by atoms with Gasteiger partial charge in [0.15, 0.2) is 0 Å². The lowest BCUT2D eigenvalue weighted by atomic mass is 9.97. The van der Waals surface area contributed by atoms with Crippen LogP contribution in [0.5, 0.6) is 0 Å². The van der Waals surface area contributed by atoms with Crippen LogP contribution in [0, 0.1) is 6.92 Å². The van der Waals surface area contributed by atoms with Crippen LogP contribution < -0.4 is 10.6 Å². The second-order valence-corrected chi connectivity index (χ2v) is 13.5. The van der Waals surface area contributed by atoms with Crippen LogP contribution in [0.25, 0.3) is 0 Å². The number of ether oxygens (including phenoxy) is 2. The fraction of sp³-hybridized carbons (Fsp3) is 0.515. The number of alkyl carbamates (subject to hydrolysis) is 1. The van der Waals surface area contributed by atoms with Gasteiger partial charge in [0, 0.05) is 13.5 Å². The highest BCUT2D eigenvalue weighted by molar-refractivity contribution is 7.98. The summed E-state index contributed by atoms with van der Waals surface area (Å²) in [5, 5.41) is 5.57. The summed E-state index contributed by atoms with van der Waals surface area (Å²) in [7, 11) is 1.53. The average molecular weight is 614 g/mol. The molecule has 2 aromatic carbocycles. The first-order chi connectivity index (χ1) is 20.0. The van der Waals surface area contributed by atoms with Gasteiger partial charge in [-0.2, -0.15) is 11.8 Å². The number of nitrogens with zero attached hydrogens (tertiary/aromatic N) is 1. The minimum atomic E-state index is -1.09. The van der Waals surface area contributed by atoms with Crippen molar-refractivity contribution in [2.45, 2.75) is 90.6 Å². The highest BCUT2D eigenvalue weighted by Gasteiger charge is 2.37. The van der Waals surface area contributed by atoms with E-state index < -0.39 is 53.2 Å². The molecule has 0 aromatic heterocycles. The Morgan fingerprint density at radius 3 is 1.98 bits per heavy atom. The molecule has 0 saturated heterocycles. The van der Waals surface area contributed by atoms with Crippen molar-refractivity contribution in [1.82, 2.24) is 15.5 Å². The molecule has 0 radical (unpaired) electrons. The summed E-state index contributed by atoms with van der Waals surface area (Å²) < 4.78 is 11.1. The van der Waals surface area contributed by atoms with E-state index in [1.807, 2.05) is 55.6 Å². The molecule has 3 atom stereocenters. The lowest BCUT2D eigenvalue weighted by Gasteiger charge is -2.33. The predicted molar refractivity (Wildman–Crippen MR) is 171 cm³/mol. The molecule has 236 valence electrons. The summed E-state index contributed by atoms with van der Waals surface area (Å²) >= 11 is 1.54. The number of esters is 1. The predicted octanol–water partition coefficient (Wildman–Crippen LogP) is 5.21. The second kappa shape index (κ2) is 15.8. The Balaban J connectivity index is 2.46. The van der Waals surface area contributed by atoms with Crippen molar-refractivity contribution in [2.24, 2.45) is 0 Å². The number of carbonyl (C=O) groups is 4. The van der Waals surface area contributed by atoms with Crippen LogP contribution in [0.4, 0.5) is 4.79 Å². The molecule has 43 heavy (non-hydrogen) atoms. The van der Waals surface area contributed by atoms with Gasteiger partial charge in [0.05, 0.1) is 0 Å². The molecule has 0 aliphatic carbocycles. The molecule has 10 heteroatoms. The van der Waals surface area contributed by atoms with Gasteiger partial charge in [-0.3, -0.25) is 9.59 Å². The number of thioether (sulfide) groups is 1. The first-order valence-corrected chi connectivity index (χ1v) is 15.8. The van der Waals surface area contributed by atoms with Gasteiger partial charge in [0.1, 0.15) is 29.3 Å². The smallest absolute Gasteiger partial charge is 0.408 e. The van der Waals surface area contributed by atoms with E-state index in [0.717, 1.165) is 11.1 Å². The number of likely N-dealkylation sites (N-methyl/N-ethyl adjacent to an activating group) is 1. The zero-order valence-electron chi connectivity index (χ0n) is 26.9. The van der Waals surface area contributed by atoms with E-state index in [1.165, 1.54) is 23.7 Å². The Bertz CT molecular complexity index is 1240. The lowest BCUT2D eigenvalue weighted by molar-refractivity contribution is -0.159. The van der Waals surface area contributed by atoms with Gasteiger partial charge in [-0.1, -0.05) is 54.6 Å². The van der Waals surface area contributed by atoms with Crippen molar-refractivity contribution in [2.75, 3.05) is 19.1 Å². The number of rotatable bonds is 12. The molecule has 9 nitrogen and oxygen atoms in total. The first kappa shape index (κ1) is 35.7. The number of amides is 3.